The Balaban J connectivity index is 1.33. The van der Waals surface area contributed by atoms with Gasteiger partial charge in [-0.2, -0.15) is 0 Å². The van der Waals surface area contributed by atoms with Gasteiger partial charge in [0.1, 0.15) is 11.9 Å². The number of hydrogen-bond donors (Lipinski definition) is 0. The standard InChI is InChI=1S/C29H35F3O3/c1-3-34-17-22-9-8-21(16-26(22)30)29(33)35-23-12-10-20(11-13-23)25-15-14-24(27(31)28(25)32)19-6-4-18(2)5-7-19/h8-9,14-16,18-20,23H,3-7,10-13,17H2,1-2H3. The number of rotatable bonds is 7. The SMILES string of the molecule is CCOCc1ccc(C(=O)OC2CCC(c3ccc(C4CCC(C)CC4)c(F)c3F)CC2)cc1F. The van der Waals surface area contributed by atoms with Crippen LogP contribution in [-0.2, 0) is 16.1 Å². The highest BCUT2D eigenvalue weighted by atomic mass is 19.2. The number of benzene rings is 2. The molecule has 0 radical (unpaired) electrons. The van der Waals surface area contributed by atoms with Gasteiger partial charge in [0.25, 0.3) is 0 Å². The Labute approximate surface area is 206 Å². The fourth-order valence-corrected chi connectivity index (χ4v) is 5.50. The molecule has 2 fully saturated rings. The first-order valence-electron chi connectivity index (χ1n) is 12.9. The molecule has 0 saturated heterocycles. The van der Waals surface area contributed by atoms with Gasteiger partial charge in [-0.25, -0.2) is 18.0 Å². The fraction of sp³-hybridized carbons (Fsp3) is 0.552. The first-order chi connectivity index (χ1) is 16.9. The Kier molecular flexibility index (Phi) is 8.53. The van der Waals surface area contributed by atoms with Crippen LogP contribution < -0.4 is 0 Å². The van der Waals surface area contributed by atoms with E-state index >= 15 is 4.39 Å². The zero-order valence-electron chi connectivity index (χ0n) is 20.6. The Morgan fingerprint density at radius 1 is 0.857 bits per heavy atom. The number of halogens is 3. The molecule has 0 spiro atoms. The summed E-state index contributed by atoms with van der Waals surface area (Å²) in [6.07, 6.45) is 5.95. The quantitative estimate of drug-likeness (QED) is 0.373. The van der Waals surface area contributed by atoms with E-state index in [1.165, 1.54) is 18.2 Å². The molecule has 0 aromatic heterocycles. The number of hydrogen-bond acceptors (Lipinski definition) is 3. The minimum atomic E-state index is -0.718. The average Bonchev–Trinajstić information content (AvgIpc) is 2.86. The summed E-state index contributed by atoms with van der Waals surface area (Å²) < 4.78 is 55.1. The minimum absolute atomic E-state index is 0.1000. The molecule has 3 nitrogen and oxygen atoms in total. The molecule has 2 aliphatic carbocycles. The van der Waals surface area contributed by atoms with Gasteiger partial charge in [-0.3, -0.25) is 0 Å². The van der Waals surface area contributed by atoms with Gasteiger partial charge < -0.3 is 9.47 Å². The Morgan fingerprint density at radius 3 is 1.97 bits per heavy atom. The molecule has 0 N–H and O–H groups in total. The van der Waals surface area contributed by atoms with Crippen molar-refractivity contribution >= 4 is 5.97 Å². The summed E-state index contributed by atoms with van der Waals surface area (Å²) in [6, 6.07) is 7.79. The van der Waals surface area contributed by atoms with E-state index in [0.29, 0.717) is 54.9 Å². The molecule has 0 heterocycles. The number of esters is 1. The third kappa shape index (κ3) is 6.08. The van der Waals surface area contributed by atoms with Gasteiger partial charge >= 0.3 is 5.97 Å². The third-order valence-electron chi connectivity index (χ3n) is 7.74. The van der Waals surface area contributed by atoms with E-state index in [1.54, 1.807) is 12.1 Å². The van der Waals surface area contributed by atoms with Crippen molar-refractivity contribution in [2.45, 2.75) is 89.8 Å². The van der Waals surface area contributed by atoms with Crippen LogP contribution >= 0.6 is 0 Å². The Morgan fingerprint density at radius 2 is 1.43 bits per heavy atom. The van der Waals surface area contributed by atoms with Gasteiger partial charge in [-0.1, -0.05) is 38.0 Å². The molecule has 2 aliphatic rings. The zero-order valence-corrected chi connectivity index (χ0v) is 20.6. The second-order valence-corrected chi connectivity index (χ2v) is 10.2. The van der Waals surface area contributed by atoms with Crippen molar-refractivity contribution in [1.82, 2.24) is 0 Å². The van der Waals surface area contributed by atoms with E-state index in [9.17, 15) is 13.6 Å². The lowest BCUT2D eigenvalue weighted by Crippen LogP contribution is -2.24. The molecule has 0 atom stereocenters. The van der Waals surface area contributed by atoms with Gasteiger partial charge in [0.15, 0.2) is 11.6 Å². The Bertz CT molecular complexity index is 1020. The monoisotopic (exact) mass is 488 g/mol. The van der Waals surface area contributed by atoms with Crippen LogP contribution in [0.5, 0.6) is 0 Å². The van der Waals surface area contributed by atoms with Crippen molar-refractivity contribution in [3.8, 4) is 0 Å². The van der Waals surface area contributed by atoms with Crippen LogP contribution in [0.4, 0.5) is 13.2 Å². The van der Waals surface area contributed by atoms with Crippen LogP contribution in [0.3, 0.4) is 0 Å². The van der Waals surface area contributed by atoms with Gasteiger partial charge in [-0.15, -0.1) is 0 Å². The van der Waals surface area contributed by atoms with Crippen LogP contribution in [0.15, 0.2) is 30.3 Å². The molecule has 35 heavy (non-hydrogen) atoms. The summed E-state index contributed by atoms with van der Waals surface area (Å²) in [5.74, 6) is -1.83. The van der Waals surface area contributed by atoms with Crippen LogP contribution in [0.2, 0.25) is 0 Å². The lowest BCUT2D eigenvalue weighted by atomic mass is 9.77. The predicted molar refractivity (Wildman–Crippen MR) is 129 cm³/mol. The second-order valence-electron chi connectivity index (χ2n) is 10.2. The third-order valence-corrected chi connectivity index (χ3v) is 7.74. The summed E-state index contributed by atoms with van der Waals surface area (Å²) in [5, 5.41) is 0. The zero-order chi connectivity index (χ0) is 24.9. The maximum atomic E-state index is 15.1. The molecule has 190 valence electrons. The summed E-state index contributed by atoms with van der Waals surface area (Å²) in [4.78, 5) is 12.5. The van der Waals surface area contributed by atoms with E-state index < -0.39 is 23.4 Å². The molecule has 0 bridgehead atoms. The number of ether oxygens (including phenoxy) is 2. The fourth-order valence-electron chi connectivity index (χ4n) is 5.50. The predicted octanol–water partition coefficient (Wildman–Crippen LogP) is 7.82. The van der Waals surface area contributed by atoms with Crippen molar-refractivity contribution in [3.05, 3.63) is 70.0 Å². The van der Waals surface area contributed by atoms with Crippen LogP contribution in [-0.4, -0.2) is 18.7 Å². The molecule has 0 aliphatic heterocycles. The highest BCUT2D eigenvalue weighted by molar-refractivity contribution is 5.89. The van der Waals surface area contributed by atoms with Crippen molar-refractivity contribution in [2.24, 2.45) is 5.92 Å². The normalized spacial score (nSPS) is 24.8. The molecule has 0 unspecified atom stereocenters. The smallest absolute Gasteiger partial charge is 0.338 e. The first kappa shape index (κ1) is 25.7. The lowest BCUT2D eigenvalue weighted by Gasteiger charge is -2.30. The van der Waals surface area contributed by atoms with E-state index in [4.69, 9.17) is 9.47 Å². The van der Waals surface area contributed by atoms with Gasteiger partial charge in [0.2, 0.25) is 0 Å². The molecular weight excluding hydrogens is 453 g/mol. The molecular formula is C29H35F3O3. The molecule has 6 heteroatoms. The van der Waals surface area contributed by atoms with Crippen molar-refractivity contribution in [3.63, 3.8) is 0 Å². The second kappa shape index (κ2) is 11.6. The largest absolute Gasteiger partial charge is 0.459 e. The number of carbonyl (C=O) groups is 1. The maximum Gasteiger partial charge on any atom is 0.338 e. The molecule has 4 rings (SSSR count). The molecule has 2 saturated carbocycles. The highest BCUT2D eigenvalue weighted by Gasteiger charge is 2.30. The van der Waals surface area contributed by atoms with E-state index in [0.717, 1.165) is 25.7 Å². The van der Waals surface area contributed by atoms with Crippen LogP contribution in [0.25, 0.3) is 0 Å². The van der Waals surface area contributed by atoms with Crippen molar-refractivity contribution in [1.29, 1.82) is 0 Å². The van der Waals surface area contributed by atoms with Crippen molar-refractivity contribution < 1.29 is 27.4 Å². The van der Waals surface area contributed by atoms with Crippen LogP contribution in [0.1, 0.15) is 104 Å². The molecule has 0 amide bonds. The summed E-state index contributed by atoms with van der Waals surface area (Å²) in [7, 11) is 0. The van der Waals surface area contributed by atoms with E-state index in [-0.39, 0.29) is 30.1 Å². The van der Waals surface area contributed by atoms with Crippen molar-refractivity contribution in [2.75, 3.05) is 6.61 Å². The maximum absolute atomic E-state index is 15.1. The summed E-state index contributed by atoms with van der Waals surface area (Å²) >= 11 is 0. The number of carbonyl (C=O) groups excluding carboxylic acids is 1. The van der Waals surface area contributed by atoms with Gasteiger partial charge in [-0.05, 0) is 86.5 Å². The highest BCUT2D eigenvalue weighted by Crippen LogP contribution is 2.40. The first-order valence-corrected chi connectivity index (χ1v) is 12.9. The van der Waals surface area contributed by atoms with Gasteiger partial charge in [0, 0.05) is 12.2 Å². The Hall–Kier alpha value is -2.34. The van der Waals surface area contributed by atoms with Crippen LogP contribution in [0, 0.1) is 23.4 Å². The van der Waals surface area contributed by atoms with E-state index in [2.05, 4.69) is 6.92 Å². The molecule has 2 aromatic carbocycles. The van der Waals surface area contributed by atoms with Gasteiger partial charge in [0.05, 0.1) is 12.2 Å². The topological polar surface area (TPSA) is 35.5 Å². The minimum Gasteiger partial charge on any atom is -0.459 e. The molecule has 2 aromatic rings. The average molecular weight is 489 g/mol. The lowest BCUT2D eigenvalue weighted by molar-refractivity contribution is 0.0193. The summed E-state index contributed by atoms with van der Waals surface area (Å²) in [5.41, 5.74) is 1.49. The summed E-state index contributed by atoms with van der Waals surface area (Å²) in [6.45, 7) is 4.67. The van der Waals surface area contributed by atoms with E-state index in [1.807, 2.05) is 6.92 Å².